The molecule has 2 aromatic rings. The van der Waals surface area contributed by atoms with Gasteiger partial charge in [-0.1, -0.05) is 18.2 Å². The number of aliphatic hydroxyl groups is 1. The molecule has 0 bridgehead atoms. The van der Waals surface area contributed by atoms with Gasteiger partial charge >= 0.3 is 0 Å². The lowest BCUT2D eigenvalue weighted by molar-refractivity contribution is -0.384. The Kier molecular flexibility index (Phi) is 5.86. The third-order valence-electron chi connectivity index (χ3n) is 3.43. The Morgan fingerprint density at radius 2 is 1.92 bits per heavy atom. The average molecular weight is 330 g/mol. The van der Waals surface area contributed by atoms with E-state index in [1.807, 2.05) is 25.1 Å². The lowest BCUT2D eigenvalue weighted by Gasteiger charge is -2.13. The van der Waals surface area contributed by atoms with Gasteiger partial charge in [0.25, 0.3) is 11.6 Å². The molecule has 0 spiro atoms. The summed E-state index contributed by atoms with van der Waals surface area (Å²) >= 11 is 0. The minimum absolute atomic E-state index is 0.00617. The van der Waals surface area contributed by atoms with Crippen molar-refractivity contribution in [2.45, 2.75) is 13.0 Å². The van der Waals surface area contributed by atoms with Crippen LogP contribution in [0, 0.1) is 17.0 Å². The molecule has 7 heteroatoms. The fourth-order valence-corrected chi connectivity index (χ4v) is 2.06. The van der Waals surface area contributed by atoms with E-state index in [9.17, 15) is 20.0 Å². The van der Waals surface area contributed by atoms with Gasteiger partial charge in [0.2, 0.25) is 0 Å². The Hall–Kier alpha value is -2.93. The number of rotatable bonds is 7. The van der Waals surface area contributed by atoms with Gasteiger partial charge in [-0.05, 0) is 36.2 Å². The molecule has 2 rings (SSSR count). The number of nitro benzene ring substituents is 1. The molecule has 0 saturated heterocycles. The second-order valence-corrected chi connectivity index (χ2v) is 5.22. The fraction of sp³-hybridized carbons (Fsp3) is 0.235. The van der Waals surface area contributed by atoms with Gasteiger partial charge in [0.05, 0.1) is 11.0 Å². The molecule has 1 atom stereocenters. The second-order valence-electron chi connectivity index (χ2n) is 5.22. The summed E-state index contributed by atoms with van der Waals surface area (Å²) in [6, 6.07) is 12.9. The first kappa shape index (κ1) is 17.4. The van der Waals surface area contributed by atoms with Gasteiger partial charge in [0.1, 0.15) is 5.75 Å². The van der Waals surface area contributed by atoms with Crippen molar-refractivity contribution in [1.29, 1.82) is 0 Å². The Bertz CT molecular complexity index is 715. The number of nitro groups is 1. The van der Waals surface area contributed by atoms with E-state index in [1.54, 1.807) is 6.07 Å². The zero-order valence-electron chi connectivity index (χ0n) is 13.1. The minimum atomic E-state index is -0.951. The van der Waals surface area contributed by atoms with Crippen LogP contribution in [0.1, 0.15) is 17.2 Å². The quantitative estimate of drug-likeness (QED) is 0.598. The Morgan fingerprint density at radius 3 is 2.54 bits per heavy atom. The van der Waals surface area contributed by atoms with E-state index in [-0.39, 0.29) is 24.7 Å². The summed E-state index contributed by atoms with van der Waals surface area (Å²) in [6.45, 7) is 1.72. The van der Waals surface area contributed by atoms with Crippen LogP contribution < -0.4 is 10.1 Å². The number of nitrogens with zero attached hydrogens (tertiary/aromatic N) is 1. The van der Waals surface area contributed by atoms with Crippen LogP contribution in [-0.4, -0.2) is 29.1 Å². The molecule has 0 heterocycles. The summed E-state index contributed by atoms with van der Waals surface area (Å²) in [4.78, 5) is 21.8. The summed E-state index contributed by atoms with van der Waals surface area (Å²) in [7, 11) is 0. The maximum atomic E-state index is 11.8. The molecule has 126 valence electrons. The molecule has 2 N–H and O–H groups in total. The molecular formula is C17H18N2O5. The number of ether oxygens (including phenoxy) is 1. The van der Waals surface area contributed by atoms with Gasteiger partial charge in [-0.3, -0.25) is 14.9 Å². The molecule has 24 heavy (non-hydrogen) atoms. The largest absolute Gasteiger partial charge is 0.484 e. The van der Waals surface area contributed by atoms with E-state index in [4.69, 9.17) is 4.74 Å². The monoisotopic (exact) mass is 330 g/mol. The van der Waals surface area contributed by atoms with Gasteiger partial charge in [0, 0.05) is 18.7 Å². The van der Waals surface area contributed by atoms with Crippen LogP contribution in [0.25, 0.3) is 0 Å². The summed E-state index contributed by atoms with van der Waals surface area (Å²) in [5.41, 5.74) is 1.36. The van der Waals surface area contributed by atoms with Crippen LogP contribution in [0.5, 0.6) is 5.75 Å². The van der Waals surface area contributed by atoms with Crippen LogP contribution in [0.4, 0.5) is 5.69 Å². The van der Waals surface area contributed by atoms with Crippen molar-refractivity contribution in [3.05, 3.63) is 69.8 Å². The Morgan fingerprint density at radius 1 is 1.25 bits per heavy atom. The highest BCUT2D eigenvalue weighted by atomic mass is 16.6. The maximum Gasteiger partial charge on any atom is 0.269 e. The SMILES string of the molecule is Cc1ccccc1OCC(=O)NC[C@@H](O)c1ccc([N+](=O)[O-])cc1. The second kappa shape index (κ2) is 8.07. The highest BCUT2D eigenvalue weighted by molar-refractivity contribution is 5.77. The first-order valence-electron chi connectivity index (χ1n) is 7.35. The van der Waals surface area contributed by atoms with Crippen molar-refractivity contribution < 1.29 is 19.6 Å². The third-order valence-corrected chi connectivity index (χ3v) is 3.43. The van der Waals surface area contributed by atoms with Crippen molar-refractivity contribution in [1.82, 2.24) is 5.32 Å². The molecule has 2 aromatic carbocycles. The summed E-state index contributed by atoms with van der Waals surface area (Å²) < 4.78 is 5.41. The summed E-state index contributed by atoms with van der Waals surface area (Å²) in [5, 5.41) is 23.1. The first-order valence-corrected chi connectivity index (χ1v) is 7.35. The number of carbonyl (C=O) groups excluding carboxylic acids is 1. The normalized spacial score (nSPS) is 11.6. The van der Waals surface area contributed by atoms with Gasteiger partial charge in [0.15, 0.2) is 6.61 Å². The molecule has 7 nitrogen and oxygen atoms in total. The standard InChI is InChI=1S/C17H18N2O5/c1-12-4-2-3-5-16(12)24-11-17(21)18-10-15(20)13-6-8-14(9-7-13)19(22)23/h2-9,15,20H,10-11H2,1H3,(H,18,21)/t15-/m1/s1. The van der Waals surface area contributed by atoms with Crippen molar-refractivity contribution in [3.63, 3.8) is 0 Å². The molecular weight excluding hydrogens is 312 g/mol. The van der Waals surface area contributed by atoms with Crippen molar-refractivity contribution >= 4 is 11.6 Å². The van der Waals surface area contributed by atoms with Crippen molar-refractivity contribution in [2.75, 3.05) is 13.2 Å². The topological polar surface area (TPSA) is 102 Å². The minimum Gasteiger partial charge on any atom is -0.484 e. The number of carbonyl (C=O) groups is 1. The Labute approximate surface area is 139 Å². The van der Waals surface area contributed by atoms with E-state index < -0.39 is 11.0 Å². The molecule has 0 radical (unpaired) electrons. The van der Waals surface area contributed by atoms with Crippen LogP contribution in [0.2, 0.25) is 0 Å². The number of aryl methyl sites for hydroxylation is 1. The van der Waals surface area contributed by atoms with Gasteiger partial charge in [-0.2, -0.15) is 0 Å². The van der Waals surface area contributed by atoms with Crippen molar-refractivity contribution in [3.8, 4) is 5.75 Å². The number of hydrogen-bond donors (Lipinski definition) is 2. The molecule has 0 aliphatic carbocycles. The van der Waals surface area contributed by atoms with E-state index in [0.29, 0.717) is 11.3 Å². The van der Waals surface area contributed by atoms with Gasteiger partial charge in [-0.25, -0.2) is 0 Å². The zero-order valence-corrected chi connectivity index (χ0v) is 13.1. The highest BCUT2D eigenvalue weighted by Crippen LogP contribution is 2.17. The molecule has 0 aliphatic heterocycles. The molecule has 0 saturated carbocycles. The molecule has 0 aliphatic rings. The number of amides is 1. The van der Waals surface area contributed by atoms with Crippen LogP contribution in [-0.2, 0) is 4.79 Å². The van der Waals surface area contributed by atoms with Gasteiger partial charge in [-0.15, -0.1) is 0 Å². The third kappa shape index (κ3) is 4.79. The summed E-state index contributed by atoms with van der Waals surface area (Å²) in [6.07, 6.45) is -0.951. The van der Waals surface area contributed by atoms with E-state index in [0.717, 1.165) is 5.56 Å². The average Bonchev–Trinajstić information content (AvgIpc) is 2.59. The number of aliphatic hydroxyl groups excluding tert-OH is 1. The number of nitrogens with one attached hydrogen (secondary N) is 1. The molecule has 0 fully saturated rings. The summed E-state index contributed by atoms with van der Waals surface area (Å²) in [5.74, 6) is 0.266. The number of non-ortho nitro benzene ring substituents is 1. The maximum absolute atomic E-state index is 11.8. The van der Waals surface area contributed by atoms with E-state index in [2.05, 4.69) is 5.32 Å². The van der Waals surface area contributed by atoms with Gasteiger partial charge < -0.3 is 15.2 Å². The number of benzene rings is 2. The first-order chi connectivity index (χ1) is 11.5. The Balaban J connectivity index is 1.80. The smallest absolute Gasteiger partial charge is 0.269 e. The van der Waals surface area contributed by atoms with Crippen molar-refractivity contribution in [2.24, 2.45) is 0 Å². The molecule has 0 unspecified atom stereocenters. The van der Waals surface area contributed by atoms with E-state index >= 15 is 0 Å². The molecule has 0 aromatic heterocycles. The predicted octanol–water partition coefficient (Wildman–Crippen LogP) is 2.13. The van der Waals surface area contributed by atoms with E-state index in [1.165, 1.54) is 24.3 Å². The molecule has 1 amide bonds. The van der Waals surface area contributed by atoms with Crippen LogP contribution >= 0.6 is 0 Å². The lowest BCUT2D eigenvalue weighted by atomic mass is 10.1. The fourth-order valence-electron chi connectivity index (χ4n) is 2.06. The van der Waals surface area contributed by atoms with Crippen LogP contribution in [0.15, 0.2) is 48.5 Å². The van der Waals surface area contributed by atoms with Crippen LogP contribution in [0.3, 0.4) is 0 Å². The lowest BCUT2D eigenvalue weighted by Crippen LogP contribution is -2.32. The number of para-hydroxylation sites is 1. The zero-order chi connectivity index (χ0) is 17.5. The highest BCUT2D eigenvalue weighted by Gasteiger charge is 2.12. The number of hydrogen-bond acceptors (Lipinski definition) is 5. The predicted molar refractivity (Wildman–Crippen MR) is 87.7 cm³/mol.